The van der Waals surface area contributed by atoms with Crippen LogP contribution in [0.25, 0.3) is 0 Å². The van der Waals surface area contributed by atoms with Crippen LogP contribution in [0.2, 0.25) is 0 Å². The zero-order valence-corrected chi connectivity index (χ0v) is 7.59. The summed E-state index contributed by atoms with van der Waals surface area (Å²) in [5, 5.41) is 0.116. The molecule has 0 saturated heterocycles. The summed E-state index contributed by atoms with van der Waals surface area (Å²) in [6, 6.07) is 0. The van der Waals surface area contributed by atoms with Crippen molar-refractivity contribution in [2.45, 2.75) is 0 Å². The van der Waals surface area contributed by atoms with Crippen LogP contribution in [0, 0.1) is 0 Å². The quantitative estimate of drug-likeness (QED) is 0.148. The molecule has 0 aromatic carbocycles. The van der Waals surface area contributed by atoms with Gasteiger partial charge in [-0.25, -0.2) is 5.84 Å². The molecule has 0 aromatic rings. The fraction of sp³-hybridized carbons (Fsp3) is 0. The number of thiocarbonyl (C=S) groups is 1. The van der Waals surface area contributed by atoms with Gasteiger partial charge in [0.05, 0.1) is 0 Å². The number of rotatable bonds is 0. The van der Waals surface area contributed by atoms with Crippen LogP contribution >= 0.6 is 12.2 Å². The van der Waals surface area contributed by atoms with E-state index < -0.39 is 20.1 Å². The van der Waals surface area contributed by atoms with Crippen LogP contribution in [0.15, 0.2) is 0 Å². The fourth-order valence-corrected chi connectivity index (χ4v) is 0. The summed E-state index contributed by atoms with van der Waals surface area (Å²) in [5.74, 6) is 4.66. The SMILES string of the molecule is NNC(N)=S.[O-][I+3]([O-])([O-])O. The van der Waals surface area contributed by atoms with E-state index in [2.05, 4.69) is 18.1 Å². The van der Waals surface area contributed by atoms with Gasteiger partial charge in [0.25, 0.3) is 0 Å². The number of hydrogen-bond acceptors (Lipinski definition) is 6. The zero-order chi connectivity index (χ0) is 8.78. The molecule has 0 radical (unpaired) electrons. The molecule has 0 amide bonds. The van der Waals surface area contributed by atoms with Gasteiger partial charge in [0.15, 0.2) is 5.11 Å². The molecule has 0 aromatic heterocycles. The predicted octanol–water partition coefficient (Wildman–Crippen LogP) is -8.43. The average Bonchev–Trinajstić information content (AvgIpc) is 1.61. The van der Waals surface area contributed by atoms with Crippen molar-refractivity contribution in [3.63, 3.8) is 0 Å². The van der Waals surface area contributed by atoms with Gasteiger partial charge in [-0.05, 0) is 12.2 Å². The summed E-state index contributed by atoms with van der Waals surface area (Å²) < 4.78 is 33.2. The summed E-state index contributed by atoms with van der Waals surface area (Å²) in [5.41, 5.74) is 6.82. The van der Waals surface area contributed by atoms with Crippen molar-refractivity contribution in [1.29, 1.82) is 0 Å². The molecule has 0 rings (SSSR count). The molecule has 9 heteroatoms. The lowest BCUT2D eigenvalue weighted by molar-refractivity contribution is -1.92. The first-order valence-electron chi connectivity index (χ1n) is 1.66. The van der Waals surface area contributed by atoms with Gasteiger partial charge in [-0.2, -0.15) is 0 Å². The third kappa shape index (κ3) is 86.9. The van der Waals surface area contributed by atoms with Crippen LogP contribution < -0.4 is 47.4 Å². The summed E-state index contributed by atoms with van der Waals surface area (Å²) in [4.78, 5) is 0. The number of nitrogens with one attached hydrogen (secondary N) is 1. The molecule has 7 nitrogen and oxygen atoms in total. The minimum absolute atomic E-state index is 0.116. The third-order valence-electron chi connectivity index (χ3n) is 0.142. The van der Waals surface area contributed by atoms with Gasteiger partial charge in [-0.1, -0.05) is 0 Å². The average molecular weight is 283 g/mol. The van der Waals surface area contributed by atoms with Crippen molar-refractivity contribution in [2.24, 2.45) is 11.6 Å². The highest BCUT2D eigenvalue weighted by atomic mass is 127. The van der Waals surface area contributed by atoms with E-state index in [1.807, 2.05) is 5.43 Å². The predicted molar refractivity (Wildman–Crippen MR) is 26.3 cm³/mol. The van der Waals surface area contributed by atoms with E-state index in [0.29, 0.717) is 0 Å². The molecule has 0 heterocycles. The van der Waals surface area contributed by atoms with Gasteiger partial charge in [-0.15, -0.1) is 0 Å². The Hall–Kier alpha value is 0.220. The Bertz CT molecular complexity index is 97.2. The zero-order valence-electron chi connectivity index (χ0n) is 4.61. The lowest BCUT2D eigenvalue weighted by atomic mass is 11.2. The second-order valence-corrected chi connectivity index (χ2v) is 3.60. The molecule has 0 aliphatic rings. The number of nitrogens with two attached hydrogens (primary N) is 2. The van der Waals surface area contributed by atoms with Crippen molar-refractivity contribution in [3.05, 3.63) is 0 Å². The molecule has 0 unspecified atom stereocenters. The van der Waals surface area contributed by atoms with Gasteiger partial charge in [0.1, 0.15) is 0 Å². The van der Waals surface area contributed by atoms with Gasteiger partial charge in [0, 0.05) is 3.44 Å². The fourth-order valence-electron chi connectivity index (χ4n) is 0. The second-order valence-electron chi connectivity index (χ2n) is 0.905. The molecular formula is CH6IN3O4S. The Balaban J connectivity index is 0. The highest BCUT2D eigenvalue weighted by molar-refractivity contribution is 7.80. The summed E-state index contributed by atoms with van der Waals surface area (Å²) >= 11 is -1.45. The number of hydrogen-bond donors (Lipinski definition) is 4. The topological polar surface area (TPSA) is 153 Å². The molecule has 6 N–H and O–H groups in total. The van der Waals surface area contributed by atoms with E-state index >= 15 is 0 Å². The minimum atomic E-state index is -5.69. The first kappa shape index (κ1) is 12.9. The summed E-state index contributed by atoms with van der Waals surface area (Å²) in [6.07, 6.45) is 0. The Labute approximate surface area is 68.3 Å². The third-order valence-corrected chi connectivity index (χ3v) is 0.260. The maximum Gasteiger partial charge on any atom is 0.368 e. The van der Waals surface area contributed by atoms with Gasteiger partial charge in [0.2, 0.25) is 0 Å². The molecule has 0 spiro atoms. The largest absolute Gasteiger partial charge is 0.375 e. The summed E-state index contributed by atoms with van der Waals surface area (Å²) in [6.45, 7) is 0. The smallest absolute Gasteiger partial charge is 0.368 e. The van der Waals surface area contributed by atoms with Crippen LogP contribution in [-0.4, -0.2) is 8.55 Å². The van der Waals surface area contributed by atoms with Crippen LogP contribution in [-0.2, 0) is 0 Å². The normalized spacial score (nSPS) is 9.30. The van der Waals surface area contributed by atoms with Gasteiger partial charge < -0.3 is 11.2 Å². The van der Waals surface area contributed by atoms with Crippen LogP contribution in [0.4, 0.5) is 0 Å². The molecule has 0 bridgehead atoms. The maximum atomic E-state index is 8.73. The first-order chi connectivity index (χ1) is 4.27. The maximum absolute atomic E-state index is 8.73. The summed E-state index contributed by atoms with van der Waals surface area (Å²) in [7, 11) is 0. The van der Waals surface area contributed by atoms with Crippen molar-refractivity contribution in [3.8, 4) is 0 Å². The van der Waals surface area contributed by atoms with Crippen molar-refractivity contribution in [1.82, 2.24) is 5.43 Å². The number of halogens is 1. The van der Waals surface area contributed by atoms with Crippen LogP contribution in [0.5, 0.6) is 0 Å². The van der Waals surface area contributed by atoms with Crippen LogP contribution in [0.3, 0.4) is 0 Å². The Morgan fingerprint density at radius 3 is 1.60 bits per heavy atom. The Morgan fingerprint density at radius 1 is 1.50 bits per heavy atom. The lowest BCUT2D eigenvalue weighted by Crippen LogP contribution is -4.23. The minimum Gasteiger partial charge on any atom is -0.375 e. The highest BCUT2D eigenvalue weighted by Crippen LogP contribution is 1.40. The number of hydrazine groups is 1. The van der Waals surface area contributed by atoms with Gasteiger partial charge in [-0.3, -0.25) is 10.3 Å². The molecular weight excluding hydrogens is 277 g/mol. The highest BCUT2D eigenvalue weighted by Gasteiger charge is 2.11. The Kier molecular flexibility index (Phi) is 7.67. The Morgan fingerprint density at radius 2 is 1.60 bits per heavy atom. The van der Waals surface area contributed by atoms with E-state index in [9.17, 15) is 0 Å². The molecule has 62 valence electrons. The van der Waals surface area contributed by atoms with E-state index in [1.165, 1.54) is 0 Å². The molecule has 0 atom stereocenters. The molecule has 10 heavy (non-hydrogen) atoms. The first-order valence-corrected chi connectivity index (χ1v) is 5.68. The molecule has 0 aliphatic heterocycles. The van der Waals surface area contributed by atoms with Crippen LogP contribution in [0.1, 0.15) is 0 Å². The van der Waals surface area contributed by atoms with Crippen molar-refractivity contribution < 1.29 is 33.8 Å². The molecule has 0 saturated carbocycles. The van der Waals surface area contributed by atoms with E-state index in [-0.39, 0.29) is 5.11 Å². The van der Waals surface area contributed by atoms with Crippen molar-refractivity contribution in [2.75, 3.05) is 0 Å². The van der Waals surface area contributed by atoms with Gasteiger partial charge >= 0.3 is 20.1 Å². The van der Waals surface area contributed by atoms with E-state index in [0.717, 1.165) is 0 Å². The second kappa shape index (κ2) is 5.96. The van der Waals surface area contributed by atoms with Crippen molar-refractivity contribution >= 4 is 17.3 Å². The molecule has 0 aliphatic carbocycles. The van der Waals surface area contributed by atoms with E-state index in [1.54, 1.807) is 0 Å². The standard InChI is InChI=1S/CH5N3S.HIO4/c2-1(5)4-3;2-1(3,4)5/h3H2,(H3,2,4,5);2H. The lowest BCUT2D eigenvalue weighted by Gasteiger charge is -1.93. The molecule has 0 fully saturated rings. The monoisotopic (exact) mass is 283 g/mol. The van der Waals surface area contributed by atoms with E-state index in [4.69, 9.17) is 19.5 Å².